The van der Waals surface area contributed by atoms with Crippen molar-refractivity contribution >= 4 is 11.9 Å². The van der Waals surface area contributed by atoms with Crippen molar-refractivity contribution in [3.63, 3.8) is 0 Å². The average Bonchev–Trinajstić information content (AvgIpc) is 2.99. The molecule has 1 heterocycles. The normalized spacial score (nSPS) is 10.6. The number of nitrogens with zero attached hydrogens (tertiary/aromatic N) is 3. The van der Waals surface area contributed by atoms with E-state index >= 15 is 0 Å². The Hall–Kier alpha value is -2.00. The standard InChI is InChI=1S/C15H27N5O4/c1-3-23-14(21)5-7-17-8-6-15(22)24-10-4-9-20-12-13(11-16-2)18-19-20/h12,16-17H,3-11H2,1-2H3. The number of aryl methyl sites for hydroxylation is 1. The molecule has 0 atom stereocenters. The highest BCUT2D eigenvalue weighted by molar-refractivity contribution is 5.70. The second-order valence-electron chi connectivity index (χ2n) is 5.13. The van der Waals surface area contributed by atoms with Gasteiger partial charge >= 0.3 is 11.9 Å². The number of esters is 2. The SMILES string of the molecule is CCOC(=O)CCNCCC(=O)OCCCn1cc(CNC)nn1. The highest BCUT2D eigenvalue weighted by Crippen LogP contribution is 1.96. The predicted octanol–water partition coefficient (Wildman–Crippen LogP) is -0.136. The molecule has 0 radical (unpaired) electrons. The molecule has 9 nitrogen and oxygen atoms in total. The Balaban J connectivity index is 1.98. The third kappa shape index (κ3) is 9.21. The van der Waals surface area contributed by atoms with Crippen LogP contribution in [0.2, 0.25) is 0 Å². The molecule has 0 saturated carbocycles. The zero-order valence-corrected chi connectivity index (χ0v) is 14.4. The van der Waals surface area contributed by atoms with Crippen LogP contribution in [0.5, 0.6) is 0 Å². The van der Waals surface area contributed by atoms with Gasteiger partial charge in [-0.15, -0.1) is 5.10 Å². The summed E-state index contributed by atoms with van der Waals surface area (Å²) in [6.45, 7) is 4.81. The Bertz CT molecular complexity index is 492. The number of carbonyl (C=O) groups is 2. The predicted molar refractivity (Wildman–Crippen MR) is 87.1 cm³/mol. The molecule has 136 valence electrons. The maximum Gasteiger partial charge on any atom is 0.307 e. The van der Waals surface area contributed by atoms with Crippen LogP contribution in [0.1, 0.15) is 31.9 Å². The van der Waals surface area contributed by atoms with Crippen molar-refractivity contribution < 1.29 is 19.1 Å². The maximum atomic E-state index is 11.5. The van der Waals surface area contributed by atoms with E-state index in [1.807, 2.05) is 13.2 Å². The highest BCUT2D eigenvalue weighted by Gasteiger charge is 2.05. The first kappa shape index (κ1) is 20.0. The minimum atomic E-state index is -0.256. The van der Waals surface area contributed by atoms with Crippen LogP contribution < -0.4 is 10.6 Å². The smallest absolute Gasteiger partial charge is 0.307 e. The first-order valence-electron chi connectivity index (χ1n) is 8.21. The van der Waals surface area contributed by atoms with Crippen molar-refractivity contribution in [3.8, 4) is 0 Å². The summed E-state index contributed by atoms with van der Waals surface area (Å²) in [6.07, 6.45) is 3.13. The molecule has 0 aliphatic carbocycles. The number of hydrogen-bond acceptors (Lipinski definition) is 8. The van der Waals surface area contributed by atoms with Crippen molar-refractivity contribution in [2.75, 3.05) is 33.4 Å². The number of ether oxygens (including phenoxy) is 2. The van der Waals surface area contributed by atoms with E-state index in [1.165, 1.54) is 0 Å². The second-order valence-corrected chi connectivity index (χ2v) is 5.13. The molecule has 0 bridgehead atoms. The van der Waals surface area contributed by atoms with Crippen LogP contribution in [-0.4, -0.2) is 60.3 Å². The second kappa shape index (κ2) is 12.4. The molecule has 0 amide bonds. The van der Waals surface area contributed by atoms with Crippen LogP contribution in [0, 0.1) is 0 Å². The summed E-state index contributed by atoms with van der Waals surface area (Å²) in [5.41, 5.74) is 0.878. The number of hydrogen-bond donors (Lipinski definition) is 2. The van der Waals surface area contributed by atoms with Crippen LogP contribution in [0.3, 0.4) is 0 Å². The molecule has 24 heavy (non-hydrogen) atoms. The largest absolute Gasteiger partial charge is 0.466 e. The van der Waals surface area contributed by atoms with Gasteiger partial charge in [0.2, 0.25) is 0 Å². The fourth-order valence-electron chi connectivity index (χ4n) is 1.93. The summed E-state index contributed by atoms with van der Waals surface area (Å²) >= 11 is 0. The van der Waals surface area contributed by atoms with Gasteiger partial charge in [0.1, 0.15) is 0 Å². The van der Waals surface area contributed by atoms with Crippen molar-refractivity contribution in [1.29, 1.82) is 0 Å². The van der Waals surface area contributed by atoms with Gasteiger partial charge in [-0.2, -0.15) is 0 Å². The van der Waals surface area contributed by atoms with Gasteiger partial charge < -0.3 is 20.1 Å². The van der Waals surface area contributed by atoms with Crippen LogP contribution in [0.25, 0.3) is 0 Å². The Morgan fingerprint density at radius 1 is 1.21 bits per heavy atom. The fourth-order valence-corrected chi connectivity index (χ4v) is 1.93. The monoisotopic (exact) mass is 341 g/mol. The lowest BCUT2D eigenvalue weighted by molar-refractivity contribution is -0.143. The summed E-state index contributed by atoms with van der Waals surface area (Å²) in [5, 5.41) is 14.0. The molecule has 9 heteroatoms. The van der Waals surface area contributed by atoms with Gasteiger partial charge in [-0.3, -0.25) is 14.3 Å². The van der Waals surface area contributed by atoms with E-state index in [9.17, 15) is 9.59 Å². The van der Waals surface area contributed by atoms with Crippen molar-refractivity contribution in [1.82, 2.24) is 25.6 Å². The highest BCUT2D eigenvalue weighted by atomic mass is 16.5. The van der Waals surface area contributed by atoms with Gasteiger partial charge in [-0.25, -0.2) is 0 Å². The van der Waals surface area contributed by atoms with Crippen molar-refractivity contribution in [2.24, 2.45) is 0 Å². The topological polar surface area (TPSA) is 107 Å². The average molecular weight is 341 g/mol. The van der Waals surface area contributed by atoms with Crippen LogP contribution in [0.15, 0.2) is 6.20 Å². The van der Waals surface area contributed by atoms with E-state index in [4.69, 9.17) is 9.47 Å². The van der Waals surface area contributed by atoms with Crippen LogP contribution in [0.4, 0.5) is 0 Å². The van der Waals surface area contributed by atoms with E-state index < -0.39 is 0 Å². The summed E-state index contributed by atoms with van der Waals surface area (Å²) in [6, 6.07) is 0. The first-order valence-corrected chi connectivity index (χ1v) is 8.21. The molecule has 2 N–H and O–H groups in total. The van der Waals surface area contributed by atoms with E-state index in [1.54, 1.807) is 11.6 Å². The van der Waals surface area contributed by atoms with Crippen molar-refractivity contribution in [2.45, 2.75) is 39.3 Å². The molecule has 1 rings (SSSR count). The lowest BCUT2D eigenvalue weighted by Crippen LogP contribution is -2.23. The minimum Gasteiger partial charge on any atom is -0.466 e. The summed E-state index contributed by atoms with van der Waals surface area (Å²) < 4.78 is 11.7. The zero-order chi connectivity index (χ0) is 17.6. The third-order valence-electron chi connectivity index (χ3n) is 3.06. The number of aromatic nitrogens is 3. The fraction of sp³-hybridized carbons (Fsp3) is 0.733. The summed E-state index contributed by atoms with van der Waals surface area (Å²) in [7, 11) is 1.85. The van der Waals surface area contributed by atoms with E-state index in [-0.39, 0.29) is 18.4 Å². The van der Waals surface area contributed by atoms with E-state index in [2.05, 4.69) is 20.9 Å². The van der Waals surface area contributed by atoms with Gasteiger partial charge in [-0.05, 0) is 14.0 Å². The van der Waals surface area contributed by atoms with Crippen LogP contribution in [-0.2, 0) is 32.2 Å². The molecule has 1 aromatic rings. The Morgan fingerprint density at radius 2 is 1.92 bits per heavy atom. The zero-order valence-electron chi connectivity index (χ0n) is 14.4. The van der Waals surface area contributed by atoms with E-state index in [0.29, 0.717) is 52.2 Å². The first-order chi connectivity index (χ1) is 11.7. The van der Waals surface area contributed by atoms with Gasteiger partial charge in [0, 0.05) is 38.8 Å². The summed E-state index contributed by atoms with van der Waals surface area (Å²) in [5.74, 6) is -0.494. The number of rotatable bonds is 13. The lowest BCUT2D eigenvalue weighted by Gasteiger charge is -2.06. The molecular formula is C15H27N5O4. The molecule has 1 aromatic heterocycles. The summed E-state index contributed by atoms with van der Waals surface area (Å²) in [4.78, 5) is 22.6. The molecular weight excluding hydrogens is 314 g/mol. The number of carbonyl (C=O) groups excluding carboxylic acids is 2. The third-order valence-corrected chi connectivity index (χ3v) is 3.06. The molecule has 0 aromatic carbocycles. The Labute approximate surface area is 142 Å². The van der Waals surface area contributed by atoms with Crippen molar-refractivity contribution in [3.05, 3.63) is 11.9 Å². The molecule has 0 aliphatic heterocycles. The molecule has 0 saturated heterocycles. The van der Waals surface area contributed by atoms with Gasteiger partial charge in [-0.1, -0.05) is 5.21 Å². The Kier molecular flexibility index (Phi) is 10.4. The lowest BCUT2D eigenvalue weighted by atomic mass is 10.4. The quantitative estimate of drug-likeness (QED) is 0.377. The number of nitrogens with one attached hydrogen (secondary N) is 2. The molecule has 0 aliphatic rings. The van der Waals surface area contributed by atoms with Crippen LogP contribution >= 0.6 is 0 Å². The van der Waals surface area contributed by atoms with Gasteiger partial charge in [0.25, 0.3) is 0 Å². The maximum absolute atomic E-state index is 11.5. The van der Waals surface area contributed by atoms with Gasteiger partial charge in [0.05, 0.1) is 31.7 Å². The molecule has 0 fully saturated rings. The van der Waals surface area contributed by atoms with Gasteiger partial charge in [0.15, 0.2) is 0 Å². The molecule has 0 unspecified atom stereocenters. The Morgan fingerprint density at radius 3 is 2.58 bits per heavy atom. The molecule has 0 spiro atoms. The minimum absolute atomic E-state index is 0.237. The van der Waals surface area contributed by atoms with E-state index in [0.717, 1.165) is 5.69 Å².